The molecule has 1 N–H and O–H groups in total. The van der Waals surface area contributed by atoms with Gasteiger partial charge in [0.25, 0.3) is 0 Å². The third kappa shape index (κ3) is 1.88. The van der Waals surface area contributed by atoms with Crippen molar-refractivity contribution in [2.24, 2.45) is 0 Å². The largest absolute Gasteiger partial charge is 0.390 e. The molecule has 2 rings (SSSR count). The van der Waals surface area contributed by atoms with E-state index in [1.54, 1.807) is 0 Å². The summed E-state index contributed by atoms with van der Waals surface area (Å²) in [4.78, 5) is 4.42. The number of rotatable bonds is 2. The Bertz CT molecular complexity index is 484. The highest BCUT2D eigenvalue weighted by Crippen LogP contribution is 2.30. The fourth-order valence-electron chi connectivity index (χ4n) is 1.27. The third-order valence-electron chi connectivity index (χ3n) is 1.97. The molecular formula is C10H7F2NOS. The Morgan fingerprint density at radius 3 is 2.80 bits per heavy atom. The highest BCUT2D eigenvalue weighted by molar-refractivity contribution is 7.13. The molecule has 0 aliphatic heterocycles. The molecule has 78 valence electrons. The number of halogens is 2. The predicted octanol–water partition coefficient (Wildman–Crippen LogP) is 2.58. The van der Waals surface area contributed by atoms with Gasteiger partial charge in [-0.05, 0) is 12.1 Å². The van der Waals surface area contributed by atoms with Crippen LogP contribution in [-0.2, 0) is 6.61 Å². The number of aliphatic hydroxyl groups excluding tert-OH is 1. The Kier molecular flexibility index (Phi) is 2.75. The van der Waals surface area contributed by atoms with Crippen LogP contribution in [0.15, 0.2) is 23.7 Å². The molecule has 0 amide bonds. The van der Waals surface area contributed by atoms with E-state index in [2.05, 4.69) is 4.98 Å². The van der Waals surface area contributed by atoms with E-state index in [0.29, 0.717) is 10.6 Å². The maximum Gasteiger partial charge on any atom is 0.134 e. The second-order valence-corrected chi connectivity index (χ2v) is 3.77. The van der Waals surface area contributed by atoms with E-state index in [1.165, 1.54) is 29.0 Å². The van der Waals surface area contributed by atoms with Crippen molar-refractivity contribution < 1.29 is 13.9 Å². The number of aromatic nitrogens is 1. The van der Waals surface area contributed by atoms with Gasteiger partial charge >= 0.3 is 0 Å². The molecule has 2 nitrogen and oxygen atoms in total. The minimum Gasteiger partial charge on any atom is -0.390 e. The van der Waals surface area contributed by atoms with Crippen LogP contribution >= 0.6 is 11.3 Å². The van der Waals surface area contributed by atoms with E-state index in [9.17, 15) is 8.78 Å². The lowest BCUT2D eigenvalue weighted by molar-refractivity contribution is 0.278. The summed E-state index contributed by atoms with van der Waals surface area (Å²) in [5.74, 6) is -1.26. The Balaban J connectivity index is 2.54. The van der Waals surface area contributed by atoms with Gasteiger partial charge in [-0.25, -0.2) is 13.8 Å². The van der Waals surface area contributed by atoms with Gasteiger partial charge in [-0.1, -0.05) is 0 Å². The molecule has 0 unspecified atom stereocenters. The molecule has 2 aromatic rings. The lowest BCUT2D eigenvalue weighted by Gasteiger charge is -2.01. The molecule has 0 bridgehead atoms. The average molecular weight is 227 g/mol. The summed E-state index contributed by atoms with van der Waals surface area (Å²) in [5.41, 5.74) is 2.19. The van der Waals surface area contributed by atoms with E-state index in [4.69, 9.17) is 5.11 Å². The first-order valence-corrected chi connectivity index (χ1v) is 5.09. The lowest BCUT2D eigenvalue weighted by atomic mass is 10.1. The Morgan fingerprint density at radius 2 is 2.13 bits per heavy atom. The SMILES string of the molecule is OCc1ncsc1-c1ccc(F)cc1F. The van der Waals surface area contributed by atoms with E-state index >= 15 is 0 Å². The average Bonchev–Trinajstić information content (AvgIpc) is 2.65. The van der Waals surface area contributed by atoms with Gasteiger partial charge in [-0.3, -0.25) is 0 Å². The van der Waals surface area contributed by atoms with Crippen LogP contribution in [0.5, 0.6) is 0 Å². The highest BCUT2D eigenvalue weighted by Gasteiger charge is 2.12. The van der Waals surface area contributed by atoms with Crippen LogP contribution in [0.4, 0.5) is 8.78 Å². The van der Waals surface area contributed by atoms with Crippen molar-refractivity contribution in [1.82, 2.24) is 4.98 Å². The Hall–Kier alpha value is -1.33. The van der Waals surface area contributed by atoms with Crippen LogP contribution in [0.1, 0.15) is 5.69 Å². The summed E-state index contributed by atoms with van der Waals surface area (Å²) in [6, 6.07) is 3.34. The molecule has 0 atom stereocenters. The molecule has 1 heterocycles. The zero-order chi connectivity index (χ0) is 10.8. The fourth-order valence-corrected chi connectivity index (χ4v) is 2.11. The maximum atomic E-state index is 13.4. The molecule has 15 heavy (non-hydrogen) atoms. The van der Waals surface area contributed by atoms with Crippen LogP contribution in [-0.4, -0.2) is 10.1 Å². The first-order valence-electron chi connectivity index (χ1n) is 4.21. The topological polar surface area (TPSA) is 33.1 Å². The van der Waals surface area contributed by atoms with Crippen molar-refractivity contribution in [3.63, 3.8) is 0 Å². The third-order valence-corrected chi connectivity index (χ3v) is 2.87. The van der Waals surface area contributed by atoms with E-state index < -0.39 is 11.6 Å². The van der Waals surface area contributed by atoms with Gasteiger partial charge in [-0.15, -0.1) is 11.3 Å². The van der Waals surface area contributed by atoms with Crippen molar-refractivity contribution in [2.75, 3.05) is 0 Å². The van der Waals surface area contributed by atoms with E-state index in [0.717, 1.165) is 6.07 Å². The summed E-state index contributed by atoms with van der Waals surface area (Å²) in [7, 11) is 0. The summed E-state index contributed by atoms with van der Waals surface area (Å²) in [6.07, 6.45) is 0. The van der Waals surface area contributed by atoms with Gasteiger partial charge in [0.1, 0.15) is 11.6 Å². The normalized spacial score (nSPS) is 10.6. The molecule has 0 saturated heterocycles. The fraction of sp³-hybridized carbons (Fsp3) is 0.100. The number of aliphatic hydroxyl groups is 1. The molecule has 0 fully saturated rings. The second-order valence-electron chi connectivity index (χ2n) is 2.91. The molecule has 5 heteroatoms. The van der Waals surface area contributed by atoms with Crippen LogP contribution in [0.25, 0.3) is 10.4 Å². The van der Waals surface area contributed by atoms with Crippen LogP contribution in [0.2, 0.25) is 0 Å². The summed E-state index contributed by atoms with van der Waals surface area (Å²) < 4.78 is 26.1. The van der Waals surface area contributed by atoms with Crippen molar-refractivity contribution in [3.05, 3.63) is 41.0 Å². The molecule has 0 radical (unpaired) electrons. The first kappa shape index (κ1) is 10.2. The summed E-state index contributed by atoms with van der Waals surface area (Å²) in [6.45, 7) is -0.254. The summed E-state index contributed by atoms with van der Waals surface area (Å²) in [5, 5.41) is 8.96. The zero-order valence-electron chi connectivity index (χ0n) is 7.58. The highest BCUT2D eigenvalue weighted by atomic mass is 32.1. The van der Waals surface area contributed by atoms with Gasteiger partial charge in [0.05, 0.1) is 22.7 Å². The van der Waals surface area contributed by atoms with Crippen molar-refractivity contribution >= 4 is 11.3 Å². The molecule has 1 aromatic carbocycles. The molecule has 0 spiro atoms. The quantitative estimate of drug-likeness (QED) is 0.855. The maximum absolute atomic E-state index is 13.4. The molecule has 0 aliphatic carbocycles. The molecule has 1 aromatic heterocycles. The van der Waals surface area contributed by atoms with Crippen LogP contribution in [0, 0.1) is 11.6 Å². The van der Waals surface area contributed by atoms with Crippen LogP contribution < -0.4 is 0 Å². The first-order chi connectivity index (χ1) is 7.22. The second kappa shape index (κ2) is 4.04. The van der Waals surface area contributed by atoms with Gasteiger partial charge in [-0.2, -0.15) is 0 Å². The molecular weight excluding hydrogens is 220 g/mol. The zero-order valence-corrected chi connectivity index (χ0v) is 8.39. The van der Waals surface area contributed by atoms with Gasteiger partial charge in [0.2, 0.25) is 0 Å². The van der Waals surface area contributed by atoms with E-state index in [-0.39, 0.29) is 12.2 Å². The van der Waals surface area contributed by atoms with Gasteiger partial charge in [0, 0.05) is 11.6 Å². The van der Waals surface area contributed by atoms with Gasteiger partial charge in [0.15, 0.2) is 0 Å². The number of benzene rings is 1. The number of hydrogen-bond donors (Lipinski definition) is 1. The van der Waals surface area contributed by atoms with Crippen LogP contribution in [0.3, 0.4) is 0 Å². The summed E-state index contributed by atoms with van der Waals surface area (Å²) >= 11 is 1.21. The number of thiazole rings is 1. The molecule has 0 aliphatic rings. The van der Waals surface area contributed by atoms with Crippen molar-refractivity contribution in [3.8, 4) is 10.4 Å². The Labute approximate surface area is 88.8 Å². The van der Waals surface area contributed by atoms with E-state index in [1.807, 2.05) is 0 Å². The van der Waals surface area contributed by atoms with Crippen molar-refractivity contribution in [2.45, 2.75) is 6.61 Å². The Morgan fingerprint density at radius 1 is 1.33 bits per heavy atom. The number of nitrogens with zero attached hydrogens (tertiary/aromatic N) is 1. The smallest absolute Gasteiger partial charge is 0.134 e. The minimum absolute atomic E-state index is 0.254. The lowest BCUT2D eigenvalue weighted by Crippen LogP contribution is -1.89. The predicted molar refractivity (Wildman–Crippen MR) is 53.4 cm³/mol. The standard InChI is InChI=1S/C10H7F2NOS/c11-6-1-2-7(8(12)3-6)10-9(4-14)13-5-15-10/h1-3,5,14H,4H2. The van der Waals surface area contributed by atoms with Crippen molar-refractivity contribution in [1.29, 1.82) is 0 Å². The monoisotopic (exact) mass is 227 g/mol. The van der Waals surface area contributed by atoms with Gasteiger partial charge < -0.3 is 5.11 Å². The number of hydrogen-bond acceptors (Lipinski definition) is 3. The molecule has 0 saturated carbocycles. The minimum atomic E-state index is -0.644.